The maximum atomic E-state index is 13.6. The number of hydrogen-bond donors (Lipinski definition) is 1. The molecular weight excluding hydrogens is 205 g/mol. The van der Waals surface area contributed by atoms with E-state index in [-0.39, 0.29) is 11.6 Å². The summed E-state index contributed by atoms with van der Waals surface area (Å²) in [6.45, 7) is 0.521. The number of nitrogens with two attached hydrogens (primary N) is 1. The number of ether oxygens (including phenoxy) is 1. The monoisotopic (exact) mass is 217 g/mol. The van der Waals surface area contributed by atoms with Crippen LogP contribution in [0.4, 0.5) is 4.39 Å². The van der Waals surface area contributed by atoms with Crippen molar-refractivity contribution in [1.82, 2.24) is 0 Å². The van der Waals surface area contributed by atoms with Crippen molar-refractivity contribution in [3.8, 4) is 5.75 Å². The highest BCUT2D eigenvalue weighted by molar-refractivity contribution is 6.31. The Morgan fingerprint density at radius 2 is 2.21 bits per heavy atom. The van der Waals surface area contributed by atoms with Crippen molar-refractivity contribution >= 4 is 11.6 Å². The molecule has 0 bridgehead atoms. The molecule has 1 aromatic rings. The largest absolute Gasteiger partial charge is 0.494 e. The quantitative estimate of drug-likeness (QED) is 0.841. The molecule has 0 unspecified atom stereocenters. The van der Waals surface area contributed by atoms with Gasteiger partial charge in [0.25, 0.3) is 0 Å². The Hall–Kier alpha value is -0.800. The maximum Gasteiger partial charge on any atom is 0.169 e. The van der Waals surface area contributed by atoms with Crippen LogP contribution in [0.5, 0.6) is 5.75 Å². The molecule has 2 nitrogen and oxygen atoms in total. The molecule has 0 heterocycles. The molecule has 0 atom stereocenters. The lowest BCUT2D eigenvalue weighted by molar-refractivity contribution is 0.384. The van der Waals surface area contributed by atoms with E-state index in [4.69, 9.17) is 22.1 Å². The van der Waals surface area contributed by atoms with Crippen LogP contribution in [0.15, 0.2) is 12.1 Å². The molecule has 0 saturated carbocycles. The molecule has 0 aliphatic heterocycles. The van der Waals surface area contributed by atoms with Crippen LogP contribution in [-0.4, -0.2) is 13.7 Å². The number of rotatable bonds is 4. The Kier molecular flexibility index (Phi) is 4.17. The van der Waals surface area contributed by atoms with E-state index in [2.05, 4.69) is 0 Å². The van der Waals surface area contributed by atoms with E-state index in [1.807, 2.05) is 0 Å². The topological polar surface area (TPSA) is 35.2 Å². The lowest BCUT2D eigenvalue weighted by atomic mass is 10.1. The van der Waals surface area contributed by atoms with Gasteiger partial charge in [0.15, 0.2) is 11.6 Å². The minimum atomic E-state index is -0.381. The molecule has 0 aliphatic rings. The van der Waals surface area contributed by atoms with Gasteiger partial charge >= 0.3 is 0 Å². The van der Waals surface area contributed by atoms with E-state index in [1.165, 1.54) is 13.2 Å². The molecule has 0 aromatic heterocycles. The van der Waals surface area contributed by atoms with Gasteiger partial charge < -0.3 is 10.5 Å². The van der Waals surface area contributed by atoms with E-state index >= 15 is 0 Å². The predicted octanol–water partition coefficient (Wildman–Crippen LogP) is 2.38. The summed E-state index contributed by atoms with van der Waals surface area (Å²) in [6.07, 6.45) is 1.25. The molecule has 0 spiro atoms. The second-order valence-corrected chi connectivity index (χ2v) is 3.34. The third kappa shape index (κ3) is 2.36. The highest BCUT2D eigenvalue weighted by Gasteiger charge is 2.11. The molecule has 0 amide bonds. The third-order valence-electron chi connectivity index (χ3n) is 2.00. The average Bonchev–Trinajstić information content (AvgIpc) is 2.18. The standard InChI is InChI=1S/C10H13ClFNO/c1-14-9-5-4-8(11)7(10(9)12)3-2-6-13/h4-5H,2-3,6,13H2,1H3. The van der Waals surface area contributed by atoms with Crippen molar-refractivity contribution in [2.75, 3.05) is 13.7 Å². The zero-order chi connectivity index (χ0) is 10.6. The van der Waals surface area contributed by atoms with E-state index < -0.39 is 0 Å². The zero-order valence-corrected chi connectivity index (χ0v) is 8.77. The number of halogens is 2. The van der Waals surface area contributed by atoms with Gasteiger partial charge in [0, 0.05) is 10.6 Å². The van der Waals surface area contributed by atoms with Gasteiger partial charge in [0.05, 0.1) is 7.11 Å². The van der Waals surface area contributed by atoms with E-state index in [1.54, 1.807) is 6.07 Å². The van der Waals surface area contributed by atoms with Crippen molar-refractivity contribution in [3.05, 3.63) is 28.5 Å². The fraction of sp³-hybridized carbons (Fsp3) is 0.400. The Balaban J connectivity index is 2.99. The highest BCUT2D eigenvalue weighted by atomic mass is 35.5. The van der Waals surface area contributed by atoms with Gasteiger partial charge in [0.1, 0.15) is 0 Å². The molecule has 1 rings (SSSR count). The fourth-order valence-corrected chi connectivity index (χ4v) is 1.48. The molecule has 2 N–H and O–H groups in total. The summed E-state index contributed by atoms with van der Waals surface area (Å²) in [5.41, 5.74) is 5.83. The summed E-state index contributed by atoms with van der Waals surface area (Å²) < 4.78 is 18.5. The van der Waals surface area contributed by atoms with E-state index in [0.29, 0.717) is 30.0 Å². The van der Waals surface area contributed by atoms with Gasteiger partial charge in [-0.05, 0) is 31.5 Å². The Morgan fingerprint density at radius 1 is 1.50 bits per heavy atom. The van der Waals surface area contributed by atoms with Crippen LogP contribution in [0.3, 0.4) is 0 Å². The molecule has 14 heavy (non-hydrogen) atoms. The van der Waals surface area contributed by atoms with Gasteiger partial charge in [-0.3, -0.25) is 0 Å². The van der Waals surface area contributed by atoms with Crippen LogP contribution in [0.1, 0.15) is 12.0 Å². The van der Waals surface area contributed by atoms with Gasteiger partial charge in [-0.15, -0.1) is 0 Å². The molecular formula is C10H13ClFNO. The Labute approximate surface area is 87.8 Å². The summed E-state index contributed by atoms with van der Waals surface area (Å²) in [7, 11) is 1.43. The molecule has 0 aliphatic carbocycles. The number of hydrogen-bond acceptors (Lipinski definition) is 2. The molecule has 0 fully saturated rings. The van der Waals surface area contributed by atoms with Crippen molar-refractivity contribution in [2.45, 2.75) is 12.8 Å². The lowest BCUT2D eigenvalue weighted by Gasteiger charge is -2.08. The first-order valence-corrected chi connectivity index (χ1v) is 4.79. The van der Waals surface area contributed by atoms with Crippen molar-refractivity contribution in [2.24, 2.45) is 5.73 Å². The Morgan fingerprint density at radius 3 is 2.79 bits per heavy atom. The molecule has 0 saturated heterocycles. The normalized spacial score (nSPS) is 10.3. The van der Waals surface area contributed by atoms with Crippen LogP contribution in [0, 0.1) is 5.82 Å². The summed E-state index contributed by atoms with van der Waals surface area (Å²) in [6, 6.07) is 3.15. The lowest BCUT2D eigenvalue weighted by Crippen LogP contribution is -2.03. The zero-order valence-electron chi connectivity index (χ0n) is 8.02. The van der Waals surface area contributed by atoms with Crippen molar-refractivity contribution in [1.29, 1.82) is 0 Å². The minimum absolute atomic E-state index is 0.224. The smallest absolute Gasteiger partial charge is 0.169 e. The van der Waals surface area contributed by atoms with Crippen molar-refractivity contribution < 1.29 is 9.13 Å². The van der Waals surface area contributed by atoms with Crippen molar-refractivity contribution in [3.63, 3.8) is 0 Å². The van der Waals surface area contributed by atoms with E-state index in [0.717, 1.165) is 0 Å². The van der Waals surface area contributed by atoms with E-state index in [9.17, 15) is 4.39 Å². The van der Waals surface area contributed by atoms with Gasteiger partial charge in [-0.25, -0.2) is 4.39 Å². The molecule has 0 radical (unpaired) electrons. The summed E-state index contributed by atoms with van der Waals surface area (Å²) in [5, 5.41) is 0.428. The molecule has 1 aromatic carbocycles. The maximum absolute atomic E-state index is 13.6. The van der Waals surface area contributed by atoms with Crippen LogP contribution in [0.25, 0.3) is 0 Å². The van der Waals surface area contributed by atoms with Crippen LogP contribution in [0.2, 0.25) is 5.02 Å². The van der Waals surface area contributed by atoms with Gasteiger partial charge in [-0.2, -0.15) is 0 Å². The fourth-order valence-electron chi connectivity index (χ4n) is 1.24. The second-order valence-electron chi connectivity index (χ2n) is 2.93. The molecule has 78 valence electrons. The number of benzene rings is 1. The first-order valence-electron chi connectivity index (χ1n) is 4.41. The van der Waals surface area contributed by atoms with Crippen LogP contribution >= 0.6 is 11.6 Å². The van der Waals surface area contributed by atoms with Crippen LogP contribution in [-0.2, 0) is 6.42 Å². The van der Waals surface area contributed by atoms with Gasteiger partial charge in [0.2, 0.25) is 0 Å². The predicted molar refractivity (Wildman–Crippen MR) is 55.3 cm³/mol. The summed E-state index contributed by atoms with van der Waals surface area (Å²) in [5.74, 6) is -0.158. The minimum Gasteiger partial charge on any atom is -0.494 e. The molecule has 4 heteroatoms. The van der Waals surface area contributed by atoms with Gasteiger partial charge in [-0.1, -0.05) is 11.6 Å². The summed E-state index contributed by atoms with van der Waals surface area (Å²) in [4.78, 5) is 0. The summed E-state index contributed by atoms with van der Waals surface area (Å²) >= 11 is 5.86. The SMILES string of the molecule is COc1ccc(Cl)c(CCCN)c1F. The number of methoxy groups -OCH3 is 1. The first-order chi connectivity index (χ1) is 6.70. The van der Waals surface area contributed by atoms with Crippen LogP contribution < -0.4 is 10.5 Å². The highest BCUT2D eigenvalue weighted by Crippen LogP contribution is 2.27. The second kappa shape index (κ2) is 5.17. The third-order valence-corrected chi connectivity index (χ3v) is 2.36. The average molecular weight is 218 g/mol. The first kappa shape index (κ1) is 11.3. The Bertz CT molecular complexity index is 317.